The molecule has 0 bridgehead atoms. The molecular formula is C35H49BN2O7. The lowest BCUT2D eigenvalue weighted by Gasteiger charge is -2.46. The molecule has 0 aromatic heterocycles. The van der Waals surface area contributed by atoms with E-state index in [9.17, 15) is 9.59 Å². The fraction of sp³-hybridized carbons (Fsp3) is 0.600. The largest absolute Gasteiger partial charge is 0.494 e. The van der Waals surface area contributed by atoms with Crippen molar-refractivity contribution in [3.05, 3.63) is 53.6 Å². The number of esters is 2. The predicted molar refractivity (Wildman–Crippen MR) is 175 cm³/mol. The van der Waals surface area contributed by atoms with Crippen LogP contribution in [-0.2, 0) is 18.8 Å². The van der Waals surface area contributed by atoms with Gasteiger partial charge in [-0.3, -0.25) is 4.90 Å². The van der Waals surface area contributed by atoms with Crippen LogP contribution in [0.3, 0.4) is 0 Å². The summed E-state index contributed by atoms with van der Waals surface area (Å²) in [5.41, 5.74) is 1.94. The molecule has 3 fully saturated rings. The van der Waals surface area contributed by atoms with E-state index in [0.29, 0.717) is 23.8 Å². The van der Waals surface area contributed by atoms with Gasteiger partial charge in [-0.2, -0.15) is 0 Å². The minimum absolute atomic E-state index is 0.0627. The molecule has 0 amide bonds. The number of carbonyl (C=O) groups is 2. The molecule has 5 rings (SSSR count). The molecule has 244 valence electrons. The van der Waals surface area contributed by atoms with Crippen molar-refractivity contribution in [2.75, 3.05) is 38.8 Å². The molecule has 2 heterocycles. The van der Waals surface area contributed by atoms with Gasteiger partial charge in [0, 0.05) is 50.2 Å². The first-order valence-corrected chi connectivity index (χ1v) is 16.3. The number of benzene rings is 2. The molecule has 2 saturated heterocycles. The van der Waals surface area contributed by atoms with Crippen LogP contribution in [0.4, 0.5) is 5.69 Å². The van der Waals surface area contributed by atoms with Crippen LogP contribution < -0.4 is 15.1 Å². The Balaban J connectivity index is 1.11. The Kier molecular flexibility index (Phi) is 9.87. The molecule has 2 aromatic carbocycles. The maximum absolute atomic E-state index is 12.3. The van der Waals surface area contributed by atoms with Crippen molar-refractivity contribution in [1.29, 1.82) is 0 Å². The molecule has 2 aliphatic heterocycles. The van der Waals surface area contributed by atoms with Gasteiger partial charge >= 0.3 is 19.1 Å². The number of nitrogens with zero attached hydrogens (tertiary/aromatic N) is 2. The van der Waals surface area contributed by atoms with Crippen LogP contribution in [0.25, 0.3) is 0 Å². The Labute approximate surface area is 268 Å². The molecule has 2 aromatic rings. The minimum atomic E-state index is -0.595. The number of carbonyl (C=O) groups excluding carboxylic acids is 2. The topological polar surface area (TPSA) is 86.8 Å². The highest BCUT2D eigenvalue weighted by Crippen LogP contribution is 2.37. The van der Waals surface area contributed by atoms with Gasteiger partial charge in [0.25, 0.3) is 0 Å². The summed E-state index contributed by atoms with van der Waals surface area (Å²) in [4.78, 5) is 29.5. The molecule has 3 aliphatic rings. The van der Waals surface area contributed by atoms with E-state index in [1.165, 1.54) is 19.9 Å². The van der Waals surface area contributed by atoms with Crippen LogP contribution in [0.5, 0.6) is 5.75 Å². The Morgan fingerprint density at radius 1 is 0.911 bits per heavy atom. The maximum atomic E-state index is 12.3. The average molecular weight is 621 g/mol. The fourth-order valence-corrected chi connectivity index (χ4v) is 6.54. The molecule has 0 atom stereocenters. The van der Waals surface area contributed by atoms with Gasteiger partial charge in [-0.05, 0) is 96.1 Å². The predicted octanol–water partition coefficient (Wildman–Crippen LogP) is 5.10. The monoisotopic (exact) mass is 620 g/mol. The Morgan fingerprint density at radius 2 is 1.49 bits per heavy atom. The second kappa shape index (κ2) is 13.3. The van der Waals surface area contributed by atoms with E-state index in [1.807, 2.05) is 0 Å². The summed E-state index contributed by atoms with van der Waals surface area (Å²) in [5, 5.41) is 0. The lowest BCUT2D eigenvalue weighted by molar-refractivity contribution is -0.00664. The molecule has 0 unspecified atom stereocenters. The lowest BCUT2D eigenvalue weighted by Crippen LogP contribution is -2.53. The standard InChI is InChI=1S/C35H49BN2O7/c1-23(2)38(27-19-29(20-27)43-28-13-14-30(32(39)41-7)31(21-28)33(40)42-8)22-24-15-17-37(18-16-24)26-11-9-25(10-12-26)36-44-34(3,4)35(5,6)45-36/h9-14,21,23-24,27,29H,15-20,22H2,1-8H3/t27-,29-. The normalized spacial score (nSPS) is 22.8. The second-order valence-electron chi connectivity index (χ2n) is 14.0. The number of hydrogen-bond acceptors (Lipinski definition) is 9. The highest BCUT2D eigenvalue weighted by atomic mass is 16.7. The summed E-state index contributed by atoms with van der Waals surface area (Å²) >= 11 is 0. The van der Waals surface area contributed by atoms with Crippen LogP contribution >= 0.6 is 0 Å². The van der Waals surface area contributed by atoms with Crippen molar-refractivity contribution >= 4 is 30.2 Å². The molecule has 0 radical (unpaired) electrons. The van der Waals surface area contributed by atoms with E-state index < -0.39 is 11.9 Å². The van der Waals surface area contributed by atoms with Crippen LogP contribution in [0.1, 0.15) is 87.9 Å². The molecule has 9 nitrogen and oxygen atoms in total. The molecule has 10 heteroatoms. The van der Waals surface area contributed by atoms with Gasteiger partial charge < -0.3 is 28.4 Å². The number of hydrogen-bond donors (Lipinski definition) is 0. The SMILES string of the molecule is COC(=O)c1ccc(O[C@H]2C[C@H](N(CC3CCN(c4ccc(B5OC(C)(C)C(C)(C)O5)cc4)CC3)C(C)C)C2)cc1C(=O)OC. The molecule has 1 aliphatic carbocycles. The zero-order chi connectivity index (χ0) is 32.5. The minimum Gasteiger partial charge on any atom is -0.490 e. The van der Waals surface area contributed by atoms with E-state index in [0.717, 1.165) is 50.8 Å². The van der Waals surface area contributed by atoms with Crippen molar-refractivity contribution in [2.45, 2.75) is 96.6 Å². The Hall–Kier alpha value is -3.08. The average Bonchev–Trinajstić information content (AvgIpc) is 3.23. The first-order valence-electron chi connectivity index (χ1n) is 16.3. The van der Waals surface area contributed by atoms with Crippen molar-refractivity contribution in [2.24, 2.45) is 5.92 Å². The maximum Gasteiger partial charge on any atom is 0.494 e. The van der Waals surface area contributed by atoms with Gasteiger partial charge in [0.15, 0.2) is 0 Å². The van der Waals surface area contributed by atoms with E-state index in [1.54, 1.807) is 18.2 Å². The van der Waals surface area contributed by atoms with Crippen molar-refractivity contribution in [3.63, 3.8) is 0 Å². The highest BCUT2D eigenvalue weighted by molar-refractivity contribution is 6.62. The Morgan fingerprint density at radius 3 is 2.04 bits per heavy atom. The third kappa shape index (κ3) is 7.18. The number of rotatable bonds is 10. The zero-order valence-electron chi connectivity index (χ0n) is 28.1. The van der Waals surface area contributed by atoms with E-state index in [4.69, 9.17) is 23.5 Å². The zero-order valence-corrected chi connectivity index (χ0v) is 28.1. The third-order valence-corrected chi connectivity index (χ3v) is 10.2. The Bertz CT molecular complexity index is 1330. The van der Waals surface area contributed by atoms with Gasteiger partial charge in [-0.25, -0.2) is 9.59 Å². The fourth-order valence-electron chi connectivity index (χ4n) is 6.54. The summed E-state index contributed by atoms with van der Waals surface area (Å²) in [6, 6.07) is 14.4. The second-order valence-corrected chi connectivity index (χ2v) is 14.0. The van der Waals surface area contributed by atoms with Crippen molar-refractivity contribution in [3.8, 4) is 5.75 Å². The summed E-state index contributed by atoms with van der Waals surface area (Å²) in [7, 11) is 2.24. The molecule has 1 saturated carbocycles. The van der Waals surface area contributed by atoms with Gasteiger partial charge in [-0.1, -0.05) is 12.1 Å². The first-order chi connectivity index (χ1) is 21.3. The van der Waals surface area contributed by atoms with Gasteiger partial charge in [0.1, 0.15) is 11.9 Å². The van der Waals surface area contributed by atoms with E-state index >= 15 is 0 Å². The molecule has 0 N–H and O–H groups in total. The van der Waals surface area contributed by atoms with E-state index in [2.05, 4.69) is 75.6 Å². The van der Waals surface area contributed by atoms with Crippen LogP contribution in [0.2, 0.25) is 0 Å². The number of anilines is 1. The lowest BCUT2D eigenvalue weighted by atomic mass is 9.79. The summed E-state index contributed by atoms with van der Waals surface area (Å²) < 4.78 is 28.3. The van der Waals surface area contributed by atoms with Crippen LogP contribution in [-0.4, -0.2) is 87.2 Å². The number of piperidine rings is 1. The molecular weight excluding hydrogens is 571 g/mol. The first kappa shape index (κ1) is 33.3. The van der Waals surface area contributed by atoms with Gasteiger partial charge in [0.2, 0.25) is 0 Å². The summed E-state index contributed by atoms with van der Waals surface area (Å²) in [5.74, 6) is 0.0305. The van der Waals surface area contributed by atoms with Gasteiger partial charge in [-0.15, -0.1) is 0 Å². The number of methoxy groups -OCH3 is 2. The summed E-state index contributed by atoms with van der Waals surface area (Å²) in [6.07, 6.45) is 4.25. The van der Waals surface area contributed by atoms with Crippen LogP contribution in [0.15, 0.2) is 42.5 Å². The van der Waals surface area contributed by atoms with Crippen LogP contribution in [0, 0.1) is 5.92 Å². The summed E-state index contributed by atoms with van der Waals surface area (Å²) in [6.45, 7) is 16.1. The molecule has 0 spiro atoms. The van der Waals surface area contributed by atoms with Crippen molar-refractivity contribution in [1.82, 2.24) is 4.90 Å². The molecule has 45 heavy (non-hydrogen) atoms. The van der Waals surface area contributed by atoms with Crippen molar-refractivity contribution < 1.29 is 33.1 Å². The number of ether oxygens (including phenoxy) is 3. The van der Waals surface area contributed by atoms with E-state index in [-0.39, 0.29) is 35.6 Å². The smallest absolute Gasteiger partial charge is 0.490 e. The third-order valence-electron chi connectivity index (χ3n) is 10.2. The van der Waals surface area contributed by atoms with Gasteiger partial charge in [0.05, 0.1) is 36.5 Å². The highest BCUT2D eigenvalue weighted by Gasteiger charge is 2.51. The quantitative estimate of drug-likeness (QED) is 0.266.